The van der Waals surface area contributed by atoms with Gasteiger partial charge in [-0.15, -0.1) is 5.10 Å². The SMILES string of the molecule is CCCc1cn(-c2ccccc2CC)c(=O)n1Cc1ccc(-c2ccncc2-c2nnn[nH]2)cc1. The van der Waals surface area contributed by atoms with Crippen molar-refractivity contribution in [2.75, 3.05) is 0 Å². The van der Waals surface area contributed by atoms with Crippen molar-refractivity contribution in [1.82, 2.24) is 34.7 Å². The molecule has 0 aliphatic rings. The molecule has 0 spiro atoms. The zero-order chi connectivity index (χ0) is 24.2. The summed E-state index contributed by atoms with van der Waals surface area (Å²) >= 11 is 0. The Kier molecular flexibility index (Phi) is 6.34. The molecule has 1 N–H and O–H groups in total. The Morgan fingerprint density at radius 1 is 0.971 bits per heavy atom. The molecular formula is C27H27N7O. The minimum Gasteiger partial charge on any atom is -0.292 e. The Labute approximate surface area is 203 Å². The number of nitrogens with one attached hydrogen (secondary N) is 1. The molecule has 0 unspecified atom stereocenters. The van der Waals surface area contributed by atoms with Crippen LogP contribution in [-0.4, -0.2) is 34.7 Å². The van der Waals surface area contributed by atoms with Crippen molar-refractivity contribution in [1.29, 1.82) is 0 Å². The van der Waals surface area contributed by atoms with Crippen LogP contribution in [0.15, 0.2) is 78.0 Å². The fourth-order valence-electron chi connectivity index (χ4n) is 4.45. The van der Waals surface area contributed by atoms with Gasteiger partial charge in [-0.1, -0.05) is 62.7 Å². The summed E-state index contributed by atoms with van der Waals surface area (Å²) in [7, 11) is 0. The topological polar surface area (TPSA) is 94.3 Å². The molecule has 35 heavy (non-hydrogen) atoms. The number of hydrogen-bond acceptors (Lipinski definition) is 5. The normalized spacial score (nSPS) is 11.1. The van der Waals surface area contributed by atoms with Crippen molar-refractivity contribution in [2.45, 2.75) is 39.7 Å². The van der Waals surface area contributed by atoms with E-state index < -0.39 is 0 Å². The Morgan fingerprint density at radius 2 is 1.80 bits per heavy atom. The second-order valence-electron chi connectivity index (χ2n) is 8.46. The summed E-state index contributed by atoms with van der Waals surface area (Å²) in [5, 5.41) is 14.2. The number of aryl methyl sites for hydroxylation is 2. The van der Waals surface area contributed by atoms with E-state index in [0.29, 0.717) is 12.4 Å². The van der Waals surface area contributed by atoms with Gasteiger partial charge in [0.2, 0.25) is 0 Å². The molecule has 0 aliphatic carbocycles. The van der Waals surface area contributed by atoms with Gasteiger partial charge in [-0.3, -0.25) is 14.1 Å². The standard InChI is InChI=1S/C27H27N7O/c1-3-7-22-18-34(25-9-6-5-8-20(25)4-2)27(35)33(22)17-19-10-12-21(13-11-19)23-14-15-28-16-24(23)26-29-31-32-30-26/h5-6,8-16,18H,3-4,7,17H2,1-2H3,(H,29,30,31,32). The lowest BCUT2D eigenvalue weighted by molar-refractivity contribution is 0.691. The van der Waals surface area contributed by atoms with E-state index in [1.807, 2.05) is 35.0 Å². The summed E-state index contributed by atoms with van der Waals surface area (Å²) in [5.41, 5.74) is 7.06. The number of nitrogens with zero attached hydrogens (tertiary/aromatic N) is 6. The van der Waals surface area contributed by atoms with Crippen LogP contribution in [0.4, 0.5) is 0 Å². The third-order valence-electron chi connectivity index (χ3n) is 6.23. The first-order valence-electron chi connectivity index (χ1n) is 11.9. The fraction of sp³-hybridized carbons (Fsp3) is 0.222. The summed E-state index contributed by atoms with van der Waals surface area (Å²) in [6.07, 6.45) is 8.20. The number of benzene rings is 2. The highest BCUT2D eigenvalue weighted by molar-refractivity contribution is 5.79. The van der Waals surface area contributed by atoms with Crippen molar-refractivity contribution >= 4 is 0 Å². The first-order valence-corrected chi connectivity index (χ1v) is 11.9. The van der Waals surface area contributed by atoms with Crippen molar-refractivity contribution in [3.8, 4) is 28.2 Å². The van der Waals surface area contributed by atoms with Crippen molar-refractivity contribution < 1.29 is 0 Å². The van der Waals surface area contributed by atoms with Crippen LogP contribution in [-0.2, 0) is 19.4 Å². The fourth-order valence-corrected chi connectivity index (χ4v) is 4.45. The van der Waals surface area contributed by atoms with Crippen LogP contribution in [0.1, 0.15) is 37.1 Å². The van der Waals surface area contributed by atoms with Gasteiger partial charge in [-0.25, -0.2) is 9.89 Å². The number of rotatable bonds is 8. The minimum atomic E-state index is -0.00679. The molecule has 0 aliphatic heterocycles. The maximum absolute atomic E-state index is 13.5. The molecule has 0 atom stereocenters. The van der Waals surface area contributed by atoms with Crippen LogP contribution in [0.2, 0.25) is 0 Å². The van der Waals surface area contributed by atoms with Gasteiger partial charge in [0.15, 0.2) is 5.82 Å². The summed E-state index contributed by atoms with van der Waals surface area (Å²) in [6, 6.07) is 18.3. The zero-order valence-electron chi connectivity index (χ0n) is 19.8. The van der Waals surface area contributed by atoms with Crippen molar-refractivity contribution in [3.05, 3.63) is 100 Å². The van der Waals surface area contributed by atoms with Gasteiger partial charge in [0, 0.05) is 29.8 Å². The zero-order valence-corrected chi connectivity index (χ0v) is 19.8. The molecule has 0 saturated carbocycles. The van der Waals surface area contributed by atoms with Gasteiger partial charge >= 0.3 is 5.69 Å². The molecule has 176 valence electrons. The van der Waals surface area contributed by atoms with E-state index in [9.17, 15) is 4.79 Å². The second kappa shape index (κ2) is 9.89. The van der Waals surface area contributed by atoms with E-state index in [4.69, 9.17) is 0 Å². The monoisotopic (exact) mass is 465 g/mol. The second-order valence-corrected chi connectivity index (χ2v) is 8.46. The highest BCUT2D eigenvalue weighted by Crippen LogP contribution is 2.29. The maximum Gasteiger partial charge on any atom is 0.333 e. The molecule has 8 heteroatoms. The van der Waals surface area contributed by atoms with Crippen LogP contribution in [0.5, 0.6) is 0 Å². The number of tetrazole rings is 1. The molecule has 5 aromatic rings. The molecular weight excluding hydrogens is 438 g/mol. The van der Waals surface area contributed by atoms with Crippen LogP contribution in [0.25, 0.3) is 28.2 Å². The quantitative estimate of drug-likeness (QED) is 0.366. The smallest absolute Gasteiger partial charge is 0.292 e. The molecule has 8 nitrogen and oxygen atoms in total. The summed E-state index contributed by atoms with van der Waals surface area (Å²) in [4.78, 5) is 17.7. The number of imidazole rings is 1. The van der Waals surface area contributed by atoms with Crippen LogP contribution in [0.3, 0.4) is 0 Å². The van der Waals surface area contributed by atoms with E-state index in [2.05, 4.69) is 69.8 Å². The Bertz CT molecular complexity index is 1480. The van der Waals surface area contributed by atoms with E-state index in [0.717, 1.165) is 58.5 Å². The van der Waals surface area contributed by atoms with Crippen molar-refractivity contribution in [2.24, 2.45) is 0 Å². The van der Waals surface area contributed by atoms with Gasteiger partial charge in [0.05, 0.1) is 12.2 Å². The molecule has 0 fully saturated rings. The predicted molar refractivity (Wildman–Crippen MR) is 135 cm³/mol. The van der Waals surface area contributed by atoms with Crippen LogP contribution in [0, 0.1) is 0 Å². The highest BCUT2D eigenvalue weighted by Gasteiger charge is 2.15. The molecule has 0 bridgehead atoms. The lowest BCUT2D eigenvalue weighted by Gasteiger charge is -2.10. The van der Waals surface area contributed by atoms with Gasteiger partial charge in [-0.2, -0.15) is 0 Å². The first kappa shape index (κ1) is 22.5. The Morgan fingerprint density at radius 3 is 2.54 bits per heavy atom. The Hall–Kier alpha value is -4.33. The summed E-state index contributed by atoms with van der Waals surface area (Å²) < 4.78 is 3.69. The number of aromatic amines is 1. The van der Waals surface area contributed by atoms with Crippen LogP contribution < -0.4 is 5.69 Å². The average Bonchev–Trinajstić information content (AvgIpc) is 3.54. The number of hydrogen-bond donors (Lipinski definition) is 1. The minimum absolute atomic E-state index is 0.00679. The third kappa shape index (κ3) is 4.42. The lowest BCUT2D eigenvalue weighted by atomic mass is 10.00. The number of para-hydroxylation sites is 1. The molecule has 3 heterocycles. The summed E-state index contributed by atoms with van der Waals surface area (Å²) in [6.45, 7) is 4.77. The molecule has 0 radical (unpaired) electrons. The van der Waals surface area contributed by atoms with E-state index in [1.54, 1.807) is 17.0 Å². The van der Waals surface area contributed by atoms with E-state index in [-0.39, 0.29) is 5.69 Å². The largest absolute Gasteiger partial charge is 0.333 e. The Balaban J connectivity index is 1.48. The van der Waals surface area contributed by atoms with E-state index in [1.165, 1.54) is 0 Å². The molecule has 2 aromatic carbocycles. The van der Waals surface area contributed by atoms with E-state index >= 15 is 0 Å². The van der Waals surface area contributed by atoms with Gasteiger partial charge in [-0.05, 0) is 57.7 Å². The maximum atomic E-state index is 13.5. The van der Waals surface area contributed by atoms with Gasteiger partial charge in [0.1, 0.15) is 0 Å². The lowest BCUT2D eigenvalue weighted by Crippen LogP contribution is -2.25. The molecule has 3 aromatic heterocycles. The van der Waals surface area contributed by atoms with Gasteiger partial charge in [0.25, 0.3) is 0 Å². The number of aromatic nitrogens is 7. The highest BCUT2D eigenvalue weighted by atomic mass is 16.1. The number of pyridine rings is 1. The van der Waals surface area contributed by atoms with Gasteiger partial charge < -0.3 is 0 Å². The molecule has 5 rings (SSSR count). The third-order valence-corrected chi connectivity index (χ3v) is 6.23. The molecule has 0 amide bonds. The van der Waals surface area contributed by atoms with Crippen molar-refractivity contribution in [3.63, 3.8) is 0 Å². The van der Waals surface area contributed by atoms with Crippen LogP contribution >= 0.6 is 0 Å². The molecule has 0 saturated heterocycles. The number of H-pyrrole nitrogens is 1. The average molecular weight is 466 g/mol. The first-order chi connectivity index (χ1) is 17.2. The summed E-state index contributed by atoms with van der Waals surface area (Å²) in [5.74, 6) is 0.571. The predicted octanol–water partition coefficient (Wildman–Crippen LogP) is 4.44.